The molecule has 0 spiro atoms. The van der Waals surface area contributed by atoms with Crippen LogP contribution in [-0.2, 0) is 4.79 Å². The molecule has 0 saturated carbocycles. The fourth-order valence-corrected chi connectivity index (χ4v) is 3.57. The Hall–Kier alpha value is -1.00. The third kappa shape index (κ3) is 3.12. The SMILES string of the molecule is CCC(C)(CCO)NC(=O)C1CSc2ccccc21. The summed E-state index contributed by atoms with van der Waals surface area (Å²) in [5.74, 6) is 0.824. The lowest BCUT2D eigenvalue weighted by atomic mass is 9.92. The van der Waals surface area contributed by atoms with E-state index in [1.807, 2.05) is 32.0 Å². The van der Waals surface area contributed by atoms with Gasteiger partial charge in [-0.1, -0.05) is 25.1 Å². The molecule has 104 valence electrons. The van der Waals surface area contributed by atoms with E-state index in [0.29, 0.717) is 6.42 Å². The van der Waals surface area contributed by atoms with Crippen LogP contribution in [-0.4, -0.2) is 28.9 Å². The lowest BCUT2D eigenvalue weighted by Crippen LogP contribution is -2.48. The van der Waals surface area contributed by atoms with E-state index in [1.165, 1.54) is 4.90 Å². The maximum absolute atomic E-state index is 12.5. The van der Waals surface area contributed by atoms with Crippen LogP contribution in [0, 0.1) is 0 Å². The van der Waals surface area contributed by atoms with Gasteiger partial charge in [-0.15, -0.1) is 11.8 Å². The number of nitrogens with one attached hydrogen (secondary N) is 1. The van der Waals surface area contributed by atoms with Crippen LogP contribution in [0.5, 0.6) is 0 Å². The van der Waals surface area contributed by atoms with Crippen LogP contribution in [0.4, 0.5) is 0 Å². The third-order valence-corrected chi connectivity index (χ3v) is 5.07. The molecule has 0 bridgehead atoms. The quantitative estimate of drug-likeness (QED) is 0.871. The summed E-state index contributed by atoms with van der Waals surface area (Å²) in [5.41, 5.74) is 0.820. The normalized spacial score (nSPS) is 20.7. The van der Waals surface area contributed by atoms with E-state index in [0.717, 1.165) is 17.7 Å². The lowest BCUT2D eigenvalue weighted by Gasteiger charge is -2.30. The Balaban J connectivity index is 2.10. The van der Waals surface area contributed by atoms with E-state index in [9.17, 15) is 4.79 Å². The van der Waals surface area contributed by atoms with E-state index in [1.54, 1.807) is 11.8 Å². The van der Waals surface area contributed by atoms with E-state index >= 15 is 0 Å². The molecule has 1 aromatic carbocycles. The molecule has 1 aliphatic rings. The first-order chi connectivity index (χ1) is 9.09. The van der Waals surface area contributed by atoms with Crippen molar-refractivity contribution in [3.8, 4) is 0 Å². The summed E-state index contributed by atoms with van der Waals surface area (Å²) in [4.78, 5) is 13.7. The number of hydrogen-bond donors (Lipinski definition) is 2. The van der Waals surface area contributed by atoms with Crippen LogP contribution in [0.3, 0.4) is 0 Å². The van der Waals surface area contributed by atoms with Gasteiger partial charge in [-0.25, -0.2) is 0 Å². The molecule has 0 aliphatic carbocycles. The topological polar surface area (TPSA) is 49.3 Å². The number of fused-ring (bicyclic) bond motifs is 1. The fraction of sp³-hybridized carbons (Fsp3) is 0.533. The van der Waals surface area contributed by atoms with E-state index in [-0.39, 0.29) is 24.0 Å². The van der Waals surface area contributed by atoms with Crippen molar-refractivity contribution in [1.29, 1.82) is 0 Å². The van der Waals surface area contributed by atoms with E-state index in [2.05, 4.69) is 11.4 Å². The van der Waals surface area contributed by atoms with Crippen LogP contribution < -0.4 is 5.32 Å². The molecule has 19 heavy (non-hydrogen) atoms. The summed E-state index contributed by atoms with van der Waals surface area (Å²) in [6.07, 6.45) is 1.41. The second-order valence-corrected chi connectivity index (χ2v) is 6.34. The Morgan fingerprint density at radius 3 is 2.95 bits per heavy atom. The van der Waals surface area contributed by atoms with Crippen molar-refractivity contribution < 1.29 is 9.90 Å². The molecular formula is C15H21NO2S. The van der Waals surface area contributed by atoms with E-state index < -0.39 is 0 Å². The second-order valence-electron chi connectivity index (χ2n) is 5.28. The minimum Gasteiger partial charge on any atom is -0.396 e. The Bertz CT molecular complexity index is 463. The molecule has 1 heterocycles. The molecule has 1 aliphatic heterocycles. The number of amides is 1. The highest BCUT2D eigenvalue weighted by Crippen LogP contribution is 2.39. The average molecular weight is 279 g/mol. The Labute approximate surface area is 118 Å². The molecule has 3 nitrogen and oxygen atoms in total. The predicted octanol–water partition coefficient (Wildman–Crippen LogP) is 2.54. The van der Waals surface area contributed by atoms with Gasteiger partial charge in [-0.3, -0.25) is 4.79 Å². The van der Waals surface area contributed by atoms with Crippen LogP contribution in [0.1, 0.15) is 38.2 Å². The zero-order valence-corrected chi connectivity index (χ0v) is 12.3. The van der Waals surface area contributed by atoms with Gasteiger partial charge in [0.05, 0.1) is 5.92 Å². The first kappa shape index (κ1) is 14.4. The molecule has 0 fully saturated rings. The molecule has 1 aromatic rings. The zero-order valence-electron chi connectivity index (χ0n) is 11.5. The summed E-state index contributed by atoms with van der Waals surface area (Å²) in [7, 11) is 0. The van der Waals surface area contributed by atoms with Gasteiger partial charge in [0, 0.05) is 22.8 Å². The van der Waals surface area contributed by atoms with Crippen molar-refractivity contribution in [2.45, 2.75) is 43.0 Å². The number of rotatable bonds is 5. The van der Waals surface area contributed by atoms with Gasteiger partial charge in [0.2, 0.25) is 5.91 Å². The Morgan fingerprint density at radius 1 is 1.53 bits per heavy atom. The minimum absolute atomic E-state index is 0.0641. The predicted molar refractivity (Wildman–Crippen MR) is 78.4 cm³/mol. The third-order valence-electron chi connectivity index (χ3n) is 3.89. The highest BCUT2D eigenvalue weighted by atomic mass is 32.2. The van der Waals surface area contributed by atoms with Crippen molar-refractivity contribution in [1.82, 2.24) is 5.32 Å². The zero-order chi connectivity index (χ0) is 13.9. The van der Waals surface area contributed by atoms with E-state index in [4.69, 9.17) is 5.11 Å². The van der Waals surface area contributed by atoms with Crippen molar-refractivity contribution in [2.75, 3.05) is 12.4 Å². The van der Waals surface area contributed by atoms with Crippen LogP contribution in [0.15, 0.2) is 29.2 Å². The number of hydrogen-bond acceptors (Lipinski definition) is 3. The number of benzene rings is 1. The summed E-state index contributed by atoms with van der Waals surface area (Å²) < 4.78 is 0. The van der Waals surface area contributed by atoms with Gasteiger partial charge in [-0.05, 0) is 31.4 Å². The largest absolute Gasteiger partial charge is 0.396 e. The number of thioether (sulfide) groups is 1. The van der Waals surface area contributed by atoms with Crippen molar-refractivity contribution >= 4 is 17.7 Å². The molecule has 2 atom stereocenters. The molecule has 4 heteroatoms. The second kappa shape index (κ2) is 5.97. The molecule has 0 saturated heterocycles. The number of aliphatic hydroxyl groups is 1. The lowest BCUT2D eigenvalue weighted by molar-refractivity contribution is -0.124. The average Bonchev–Trinajstić information content (AvgIpc) is 2.83. The first-order valence-corrected chi connectivity index (χ1v) is 7.73. The van der Waals surface area contributed by atoms with Crippen molar-refractivity contribution in [3.63, 3.8) is 0 Å². The molecule has 0 aromatic heterocycles. The van der Waals surface area contributed by atoms with Crippen LogP contribution in [0.25, 0.3) is 0 Å². The highest BCUT2D eigenvalue weighted by Gasteiger charge is 2.32. The molecule has 2 unspecified atom stereocenters. The summed E-state index contributed by atoms with van der Waals surface area (Å²) in [5, 5.41) is 12.2. The van der Waals surface area contributed by atoms with Gasteiger partial charge < -0.3 is 10.4 Å². The standard InChI is InChI=1S/C15H21NO2S/c1-3-15(2,8-9-17)16-14(18)12-10-19-13-7-5-4-6-11(12)13/h4-7,12,17H,3,8-10H2,1-2H3,(H,16,18). The Kier molecular flexibility index (Phi) is 4.53. The summed E-state index contributed by atoms with van der Waals surface area (Å²) >= 11 is 1.74. The maximum Gasteiger partial charge on any atom is 0.228 e. The molecule has 2 N–H and O–H groups in total. The number of carbonyl (C=O) groups is 1. The molecule has 2 rings (SSSR count). The molecular weight excluding hydrogens is 258 g/mol. The smallest absolute Gasteiger partial charge is 0.228 e. The number of aliphatic hydroxyl groups excluding tert-OH is 1. The Morgan fingerprint density at radius 2 is 2.26 bits per heavy atom. The van der Waals surface area contributed by atoms with Gasteiger partial charge in [-0.2, -0.15) is 0 Å². The van der Waals surface area contributed by atoms with Crippen molar-refractivity contribution in [2.24, 2.45) is 0 Å². The van der Waals surface area contributed by atoms with Gasteiger partial charge in [0.1, 0.15) is 0 Å². The first-order valence-electron chi connectivity index (χ1n) is 6.74. The summed E-state index contributed by atoms with van der Waals surface area (Å²) in [6, 6.07) is 8.10. The maximum atomic E-state index is 12.5. The monoisotopic (exact) mass is 279 g/mol. The minimum atomic E-state index is -0.311. The molecule has 1 amide bonds. The van der Waals surface area contributed by atoms with Crippen LogP contribution in [0.2, 0.25) is 0 Å². The van der Waals surface area contributed by atoms with Gasteiger partial charge >= 0.3 is 0 Å². The highest BCUT2D eigenvalue weighted by molar-refractivity contribution is 7.99. The molecule has 0 radical (unpaired) electrons. The number of carbonyl (C=O) groups excluding carboxylic acids is 1. The van der Waals surface area contributed by atoms with Crippen molar-refractivity contribution in [3.05, 3.63) is 29.8 Å². The summed E-state index contributed by atoms with van der Waals surface area (Å²) in [6.45, 7) is 4.13. The van der Waals surface area contributed by atoms with Gasteiger partial charge in [0.25, 0.3) is 0 Å². The van der Waals surface area contributed by atoms with Crippen LogP contribution >= 0.6 is 11.8 Å². The fourth-order valence-electron chi connectivity index (χ4n) is 2.34. The van der Waals surface area contributed by atoms with Gasteiger partial charge in [0.15, 0.2) is 0 Å².